The first-order valence-electron chi connectivity index (χ1n) is 5.75. The summed E-state index contributed by atoms with van der Waals surface area (Å²) in [5.41, 5.74) is 1.19. The van der Waals surface area contributed by atoms with E-state index in [0.29, 0.717) is 12.1 Å². The van der Waals surface area contributed by atoms with E-state index >= 15 is 0 Å². The predicted octanol–water partition coefficient (Wildman–Crippen LogP) is 1.68. The Labute approximate surface area is 102 Å². The molecule has 0 aromatic heterocycles. The Balaban J connectivity index is 2.23. The number of nitrogens with one attached hydrogen (secondary N) is 1. The topological polar surface area (TPSA) is 98.3 Å². The molecule has 0 saturated carbocycles. The minimum Gasteiger partial charge on any atom is -0.316 e. The molecule has 0 unspecified atom stereocenters. The summed E-state index contributed by atoms with van der Waals surface area (Å²) < 4.78 is 0. The van der Waals surface area contributed by atoms with Crippen molar-refractivity contribution >= 4 is 11.4 Å². The maximum Gasteiger partial charge on any atom is 0.280 e. The molecule has 1 aliphatic carbocycles. The zero-order valence-corrected chi connectivity index (χ0v) is 9.46. The van der Waals surface area contributed by atoms with E-state index in [1.54, 1.807) is 0 Å². The second kappa shape index (κ2) is 3.74. The number of nitro benzene ring substituents is 2. The average Bonchev–Trinajstić information content (AvgIpc) is 2.60. The molecule has 2 bridgehead atoms. The van der Waals surface area contributed by atoms with Gasteiger partial charge in [0.05, 0.1) is 15.9 Å². The van der Waals surface area contributed by atoms with E-state index in [4.69, 9.17) is 0 Å². The Morgan fingerprint density at radius 2 is 1.83 bits per heavy atom. The van der Waals surface area contributed by atoms with E-state index in [2.05, 4.69) is 5.32 Å². The van der Waals surface area contributed by atoms with Crippen LogP contribution in [0.4, 0.5) is 11.4 Å². The van der Waals surface area contributed by atoms with Crippen molar-refractivity contribution in [1.29, 1.82) is 0 Å². The molecular weight excluding hydrogens is 238 g/mol. The van der Waals surface area contributed by atoms with E-state index in [1.807, 2.05) is 0 Å². The van der Waals surface area contributed by atoms with Crippen molar-refractivity contribution in [2.75, 3.05) is 13.1 Å². The molecule has 2 aliphatic rings. The second-order valence-electron chi connectivity index (χ2n) is 4.77. The van der Waals surface area contributed by atoms with Crippen LogP contribution in [-0.4, -0.2) is 22.9 Å². The van der Waals surface area contributed by atoms with E-state index in [1.165, 1.54) is 6.07 Å². The Hall–Kier alpha value is -2.02. The number of hydrogen-bond acceptors (Lipinski definition) is 5. The zero-order valence-electron chi connectivity index (χ0n) is 9.46. The molecule has 1 saturated heterocycles. The molecule has 1 aromatic carbocycles. The third-order valence-electron chi connectivity index (χ3n) is 3.78. The first-order valence-corrected chi connectivity index (χ1v) is 5.75. The molecule has 1 aromatic rings. The number of non-ortho nitro benzene ring substituents is 1. The Bertz CT molecular complexity index is 557. The van der Waals surface area contributed by atoms with Crippen molar-refractivity contribution in [3.05, 3.63) is 43.5 Å². The van der Waals surface area contributed by atoms with Gasteiger partial charge in [-0.3, -0.25) is 20.2 Å². The van der Waals surface area contributed by atoms with E-state index in [9.17, 15) is 20.2 Å². The molecule has 1 heterocycles. The molecule has 0 radical (unpaired) electrons. The van der Waals surface area contributed by atoms with Crippen LogP contribution in [0.1, 0.15) is 29.4 Å². The quantitative estimate of drug-likeness (QED) is 0.635. The van der Waals surface area contributed by atoms with Crippen LogP contribution >= 0.6 is 0 Å². The number of nitrogens with zero attached hydrogens (tertiary/aromatic N) is 2. The van der Waals surface area contributed by atoms with Gasteiger partial charge in [-0.1, -0.05) is 0 Å². The fourth-order valence-corrected chi connectivity index (χ4v) is 3.08. The fourth-order valence-electron chi connectivity index (χ4n) is 3.08. The fraction of sp³-hybridized carbons (Fsp3) is 0.455. The summed E-state index contributed by atoms with van der Waals surface area (Å²) in [7, 11) is 0. The summed E-state index contributed by atoms with van der Waals surface area (Å²) in [6.45, 7) is 1.45. The third-order valence-corrected chi connectivity index (χ3v) is 3.78. The summed E-state index contributed by atoms with van der Waals surface area (Å²) in [6, 6.07) is 2.58. The van der Waals surface area contributed by atoms with Crippen molar-refractivity contribution < 1.29 is 9.85 Å². The van der Waals surface area contributed by atoms with Crippen LogP contribution in [0.15, 0.2) is 12.1 Å². The van der Waals surface area contributed by atoms with Crippen LogP contribution in [0.2, 0.25) is 0 Å². The first-order chi connectivity index (χ1) is 8.58. The molecule has 1 aliphatic heterocycles. The molecule has 3 rings (SSSR count). The Morgan fingerprint density at radius 3 is 2.50 bits per heavy atom. The first kappa shape index (κ1) is 11.1. The van der Waals surface area contributed by atoms with Crippen molar-refractivity contribution in [3.63, 3.8) is 0 Å². The summed E-state index contributed by atoms with van der Waals surface area (Å²) in [5, 5.41) is 25.1. The van der Waals surface area contributed by atoms with E-state index in [-0.39, 0.29) is 23.2 Å². The molecule has 18 heavy (non-hydrogen) atoms. The van der Waals surface area contributed by atoms with Crippen molar-refractivity contribution in [1.82, 2.24) is 5.32 Å². The van der Waals surface area contributed by atoms with Gasteiger partial charge in [0.25, 0.3) is 11.4 Å². The molecule has 7 nitrogen and oxygen atoms in total. The minimum atomic E-state index is -0.566. The summed E-state index contributed by atoms with van der Waals surface area (Å²) in [5.74, 6) is 0.275. The van der Waals surface area contributed by atoms with Gasteiger partial charge in [-0.25, -0.2) is 0 Å². The van der Waals surface area contributed by atoms with Gasteiger partial charge in [0.15, 0.2) is 0 Å². The number of nitro groups is 2. The highest BCUT2D eigenvalue weighted by molar-refractivity contribution is 5.59. The minimum absolute atomic E-state index is 0.101. The van der Waals surface area contributed by atoms with Crippen LogP contribution in [0, 0.1) is 20.2 Å². The van der Waals surface area contributed by atoms with Crippen LogP contribution in [0.5, 0.6) is 0 Å². The highest BCUT2D eigenvalue weighted by Gasteiger charge is 2.40. The number of piperidine rings is 1. The van der Waals surface area contributed by atoms with Crippen LogP contribution < -0.4 is 5.32 Å². The number of benzene rings is 1. The van der Waals surface area contributed by atoms with Gasteiger partial charge in [0, 0.05) is 30.6 Å². The molecule has 2 atom stereocenters. The lowest BCUT2D eigenvalue weighted by atomic mass is 9.97. The monoisotopic (exact) mass is 249 g/mol. The molecule has 94 valence electrons. The average molecular weight is 249 g/mol. The summed E-state index contributed by atoms with van der Waals surface area (Å²) >= 11 is 0. The molecule has 7 heteroatoms. The third kappa shape index (κ3) is 1.47. The van der Waals surface area contributed by atoms with Crippen molar-refractivity contribution in [3.8, 4) is 0 Å². The second-order valence-corrected chi connectivity index (χ2v) is 4.77. The molecule has 0 amide bonds. The number of rotatable bonds is 2. The van der Waals surface area contributed by atoms with Gasteiger partial charge >= 0.3 is 0 Å². The maximum absolute atomic E-state index is 11.1. The van der Waals surface area contributed by atoms with Gasteiger partial charge in [-0.2, -0.15) is 0 Å². The van der Waals surface area contributed by atoms with Gasteiger partial charge in [0.2, 0.25) is 0 Å². The predicted molar refractivity (Wildman–Crippen MR) is 62.7 cm³/mol. The number of hydrogen-bond donors (Lipinski definition) is 1. The van der Waals surface area contributed by atoms with E-state index in [0.717, 1.165) is 24.6 Å². The molecule has 1 N–H and O–H groups in total. The highest BCUT2D eigenvalue weighted by Crippen LogP contribution is 2.48. The highest BCUT2D eigenvalue weighted by atomic mass is 16.6. The molecule has 0 spiro atoms. The molecular formula is C11H11N3O4. The standard InChI is InChI=1S/C11H11N3O4/c15-13(16)8-2-9-6-1-7(5-12-4-6)11(9)10(3-8)14(17)18/h2-3,6-7,12H,1,4-5H2/t6-,7+/m0/s1. The van der Waals surface area contributed by atoms with Gasteiger partial charge in [-0.05, 0) is 17.9 Å². The lowest BCUT2D eigenvalue weighted by Crippen LogP contribution is -2.28. The maximum atomic E-state index is 11.1. The van der Waals surface area contributed by atoms with Crippen LogP contribution in [0.3, 0.4) is 0 Å². The van der Waals surface area contributed by atoms with Crippen LogP contribution in [0.25, 0.3) is 0 Å². The van der Waals surface area contributed by atoms with Gasteiger partial charge in [0.1, 0.15) is 0 Å². The largest absolute Gasteiger partial charge is 0.316 e. The molecule has 1 fully saturated rings. The Morgan fingerprint density at radius 1 is 1.11 bits per heavy atom. The lowest BCUT2D eigenvalue weighted by Gasteiger charge is -2.19. The van der Waals surface area contributed by atoms with Crippen molar-refractivity contribution in [2.24, 2.45) is 0 Å². The van der Waals surface area contributed by atoms with Crippen LogP contribution in [-0.2, 0) is 0 Å². The zero-order chi connectivity index (χ0) is 12.9. The van der Waals surface area contributed by atoms with E-state index < -0.39 is 9.85 Å². The summed E-state index contributed by atoms with van der Waals surface area (Å²) in [6.07, 6.45) is 0.852. The normalized spacial score (nSPS) is 24.7. The summed E-state index contributed by atoms with van der Waals surface area (Å²) in [4.78, 5) is 20.8. The SMILES string of the molecule is O=[N+]([O-])c1cc2c(c([N+](=O)[O-])c1)[C@H]1CNC[C@@H]2C1. The lowest BCUT2D eigenvalue weighted by molar-refractivity contribution is -0.394. The number of fused-ring (bicyclic) bond motifs is 5. The van der Waals surface area contributed by atoms with Gasteiger partial charge < -0.3 is 5.32 Å². The smallest absolute Gasteiger partial charge is 0.280 e. The van der Waals surface area contributed by atoms with Gasteiger partial charge in [-0.15, -0.1) is 0 Å². The van der Waals surface area contributed by atoms with Crippen molar-refractivity contribution in [2.45, 2.75) is 18.3 Å². The Kier molecular flexibility index (Phi) is 2.30.